The second kappa shape index (κ2) is 7.92. The third kappa shape index (κ3) is 5.08. The molecule has 1 rings (SSSR count). The van der Waals surface area contributed by atoms with E-state index < -0.39 is 12.0 Å². The molecule has 0 heterocycles. The van der Waals surface area contributed by atoms with E-state index in [1.54, 1.807) is 30.0 Å². The fourth-order valence-electron chi connectivity index (χ4n) is 1.39. The molecule has 0 amide bonds. The van der Waals surface area contributed by atoms with E-state index in [9.17, 15) is 4.79 Å². The lowest BCUT2D eigenvalue weighted by Gasteiger charge is -2.15. The van der Waals surface area contributed by atoms with Gasteiger partial charge < -0.3 is 10.4 Å². The van der Waals surface area contributed by atoms with Gasteiger partial charge in [0.15, 0.2) is 0 Å². The number of anilines is 1. The summed E-state index contributed by atoms with van der Waals surface area (Å²) < 4.78 is 0.751. The van der Waals surface area contributed by atoms with Crippen LogP contribution < -0.4 is 5.32 Å². The average molecular weight is 353 g/mol. The summed E-state index contributed by atoms with van der Waals surface area (Å²) in [6.45, 7) is 2.06. The summed E-state index contributed by atoms with van der Waals surface area (Å²) in [5.74, 6) is 0.992. The smallest absolute Gasteiger partial charge is 0.326 e. The van der Waals surface area contributed by atoms with Gasteiger partial charge >= 0.3 is 5.97 Å². The van der Waals surface area contributed by atoms with Crippen LogP contribution in [0.25, 0.3) is 0 Å². The zero-order valence-corrected chi connectivity index (χ0v) is 13.1. The molecule has 0 aliphatic heterocycles. The summed E-state index contributed by atoms with van der Waals surface area (Å²) >= 11 is 10.9. The van der Waals surface area contributed by atoms with Crippen molar-refractivity contribution in [2.24, 2.45) is 0 Å². The molecule has 6 heteroatoms. The quantitative estimate of drug-likeness (QED) is 0.725. The summed E-state index contributed by atoms with van der Waals surface area (Å²) in [6, 6.07) is 4.71. The minimum atomic E-state index is -0.835. The van der Waals surface area contributed by atoms with E-state index in [4.69, 9.17) is 16.7 Å². The molecule has 18 heavy (non-hydrogen) atoms. The van der Waals surface area contributed by atoms with Crippen LogP contribution in [0, 0.1) is 0 Å². The van der Waals surface area contributed by atoms with E-state index in [-0.39, 0.29) is 0 Å². The van der Waals surface area contributed by atoms with Crippen molar-refractivity contribution in [3.63, 3.8) is 0 Å². The lowest BCUT2D eigenvalue weighted by molar-refractivity contribution is -0.137. The minimum Gasteiger partial charge on any atom is -0.480 e. The molecule has 3 nitrogen and oxygen atoms in total. The fourth-order valence-corrected chi connectivity index (χ4v) is 2.58. The zero-order valence-electron chi connectivity index (χ0n) is 9.95. The molecule has 0 aromatic heterocycles. The minimum absolute atomic E-state index is 0.572. The van der Waals surface area contributed by atoms with E-state index in [0.717, 1.165) is 21.7 Å². The summed E-state index contributed by atoms with van der Waals surface area (Å²) in [6.07, 6.45) is 0.591. The Labute approximate surface area is 124 Å². The number of carbonyl (C=O) groups is 1. The number of hydrogen-bond donors (Lipinski definition) is 2. The molecule has 0 radical (unpaired) electrons. The Bertz CT molecular complexity index is 417. The first-order chi connectivity index (χ1) is 8.54. The van der Waals surface area contributed by atoms with Crippen molar-refractivity contribution < 1.29 is 9.90 Å². The first-order valence-electron chi connectivity index (χ1n) is 5.56. The Morgan fingerprint density at radius 1 is 1.61 bits per heavy atom. The molecule has 0 aliphatic carbocycles. The largest absolute Gasteiger partial charge is 0.480 e. The lowest BCUT2D eigenvalue weighted by atomic mass is 10.2. The van der Waals surface area contributed by atoms with E-state index in [1.165, 1.54) is 0 Å². The molecule has 1 aromatic carbocycles. The van der Waals surface area contributed by atoms with E-state index >= 15 is 0 Å². The Morgan fingerprint density at radius 3 is 2.89 bits per heavy atom. The number of rotatable bonds is 7. The summed E-state index contributed by atoms with van der Waals surface area (Å²) in [4.78, 5) is 11.1. The molecule has 0 fully saturated rings. The van der Waals surface area contributed by atoms with Crippen LogP contribution in [0.3, 0.4) is 0 Å². The molecule has 1 unspecified atom stereocenters. The van der Waals surface area contributed by atoms with Gasteiger partial charge in [0.1, 0.15) is 6.04 Å². The molecule has 0 saturated heterocycles. The van der Waals surface area contributed by atoms with Crippen molar-refractivity contribution in [1.82, 2.24) is 0 Å². The van der Waals surface area contributed by atoms with Gasteiger partial charge in [-0.1, -0.05) is 18.5 Å². The van der Waals surface area contributed by atoms with Gasteiger partial charge in [0, 0.05) is 10.2 Å². The highest BCUT2D eigenvalue weighted by atomic mass is 79.9. The van der Waals surface area contributed by atoms with Gasteiger partial charge in [-0.05, 0) is 52.1 Å². The Balaban J connectivity index is 2.64. The van der Waals surface area contributed by atoms with Crippen LogP contribution in [0.15, 0.2) is 22.7 Å². The Morgan fingerprint density at radius 2 is 2.33 bits per heavy atom. The maximum absolute atomic E-state index is 11.1. The second-order valence-electron chi connectivity index (χ2n) is 3.65. The standard InChI is InChI=1S/C12H15BrClNO2S/c1-2-18-6-5-11(12(16)17)15-8-3-4-10(14)9(13)7-8/h3-4,7,11,15H,2,5-6H2,1H3,(H,16,17). The number of benzene rings is 1. The normalized spacial score (nSPS) is 12.2. The van der Waals surface area contributed by atoms with Gasteiger partial charge in [0.05, 0.1) is 5.02 Å². The van der Waals surface area contributed by atoms with Crippen LogP contribution in [0.2, 0.25) is 5.02 Å². The topological polar surface area (TPSA) is 49.3 Å². The van der Waals surface area contributed by atoms with E-state index in [1.807, 2.05) is 0 Å². The highest BCUT2D eigenvalue weighted by Gasteiger charge is 2.16. The lowest BCUT2D eigenvalue weighted by Crippen LogP contribution is -2.29. The number of aliphatic carboxylic acids is 1. The highest BCUT2D eigenvalue weighted by Crippen LogP contribution is 2.26. The van der Waals surface area contributed by atoms with Crippen LogP contribution in [0.1, 0.15) is 13.3 Å². The predicted octanol–water partition coefficient (Wildman–Crippen LogP) is 4.11. The van der Waals surface area contributed by atoms with Gasteiger partial charge in [-0.15, -0.1) is 0 Å². The molecule has 0 aliphatic rings. The monoisotopic (exact) mass is 351 g/mol. The average Bonchev–Trinajstić information content (AvgIpc) is 2.32. The van der Waals surface area contributed by atoms with Crippen molar-refractivity contribution in [2.45, 2.75) is 19.4 Å². The molecular weight excluding hydrogens is 338 g/mol. The van der Waals surface area contributed by atoms with Gasteiger partial charge in [-0.3, -0.25) is 0 Å². The summed E-state index contributed by atoms with van der Waals surface area (Å²) in [5, 5.41) is 12.8. The number of carboxylic acids is 1. The molecule has 1 atom stereocenters. The van der Waals surface area contributed by atoms with E-state index in [2.05, 4.69) is 28.2 Å². The first-order valence-corrected chi connectivity index (χ1v) is 7.89. The van der Waals surface area contributed by atoms with Crippen molar-refractivity contribution in [2.75, 3.05) is 16.8 Å². The maximum Gasteiger partial charge on any atom is 0.326 e. The number of nitrogens with one attached hydrogen (secondary N) is 1. The van der Waals surface area contributed by atoms with Crippen LogP contribution in [-0.4, -0.2) is 28.6 Å². The third-order valence-electron chi connectivity index (χ3n) is 2.31. The van der Waals surface area contributed by atoms with Crippen molar-refractivity contribution in [3.8, 4) is 0 Å². The number of hydrogen-bond acceptors (Lipinski definition) is 3. The van der Waals surface area contributed by atoms with E-state index in [0.29, 0.717) is 11.4 Å². The number of thioether (sulfide) groups is 1. The van der Waals surface area contributed by atoms with Gasteiger partial charge in [-0.2, -0.15) is 11.8 Å². The molecule has 1 aromatic rings. The Kier molecular flexibility index (Phi) is 6.89. The van der Waals surface area contributed by atoms with Crippen molar-refractivity contribution in [1.29, 1.82) is 0 Å². The van der Waals surface area contributed by atoms with Crippen molar-refractivity contribution >= 4 is 50.9 Å². The van der Waals surface area contributed by atoms with Gasteiger partial charge in [-0.25, -0.2) is 4.79 Å². The summed E-state index contributed by atoms with van der Waals surface area (Å²) in [7, 11) is 0. The van der Waals surface area contributed by atoms with Crippen LogP contribution in [-0.2, 0) is 4.79 Å². The number of halogens is 2. The van der Waals surface area contributed by atoms with Crippen molar-refractivity contribution in [3.05, 3.63) is 27.7 Å². The molecule has 100 valence electrons. The molecule has 0 saturated carbocycles. The van der Waals surface area contributed by atoms with Crippen LogP contribution >= 0.6 is 39.3 Å². The maximum atomic E-state index is 11.1. The highest BCUT2D eigenvalue weighted by molar-refractivity contribution is 9.10. The van der Waals surface area contributed by atoms with Crippen LogP contribution in [0.4, 0.5) is 5.69 Å². The molecule has 0 bridgehead atoms. The second-order valence-corrected chi connectivity index (χ2v) is 6.31. The third-order valence-corrected chi connectivity index (χ3v) is 4.46. The zero-order chi connectivity index (χ0) is 13.5. The molecule has 0 spiro atoms. The Hall–Kier alpha value is -0.390. The number of carboxylic acid groups (broad SMARTS) is 1. The molecule has 2 N–H and O–H groups in total. The molecular formula is C12H15BrClNO2S. The van der Waals surface area contributed by atoms with Gasteiger partial charge in [0.2, 0.25) is 0 Å². The summed E-state index contributed by atoms with van der Waals surface area (Å²) in [5.41, 5.74) is 0.750. The van der Waals surface area contributed by atoms with Gasteiger partial charge in [0.25, 0.3) is 0 Å². The predicted molar refractivity (Wildman–Crippen MR) is 81.8 cm³/mol. The first kappa shape index (κ1) is 15.7. The fraction of sp³-hybridized carbons (Fsp3) is 0.417. The SMILES string of the molecule is CCSCCC(Nc1ccc(Cl)c(Br)c1)C(=O)O. The van der Waals surface area contributed by atoms with Crippen LogP contribution in [0.5, 0.6) is 0 Å².